The van der Waals surface area contributed by atoms with Crippen LogP contribution in [0, 0.1) is 0 Å². The number of hydrogen-bond acceptors (Lipinski definition) is 4. The average Bonchev–Trinajstić information content (AvgIpc) is 2.25. The van der Waals surface area contributed by atoms with Gasteiger partial charge in [0.1, 0.15) is 5.60 Å². The number of ether oxygens (including phenoxy) is 1. The normalized spacial score (nSPS) is 23.7. The third-order valence-electron chi connectivity index (χ3n) is 3.00. The van der Waals surface area contributed by atoms with E-state index in [2.05, 4.69) is 10.6 Å². The highest BCUT2D eigenvalue weighted by atomic mass is 16.6. The molecule has 1 aliphatic heterocycles. The lowest BCUT2D eigenvalue weighted by molar-refractivity contribution is -0.137. The van der Waals surface area contributed by atoms with Gasteiger partial charge in [0.05, 0.1) is 5.66 Å². The summed E-state index contributed by atoms with van der Waals surface area (Å²) in [6.45, 7) is 6.16. The Balaban J connectivity index is 2.63. The Kier molecular flexibility index (Phi) is 5.17. The van der Waals surface area contributed by atoms with Crippen LogP contribution in [0.4, 0.5) is 4.79 Å². The minimum atomic E-state index is -0.863. The van der Waals surface area contributed by atoms with E-state index in [1.807, 2.05) is 0 Å². The Morgan fingerprint density at radius 3 is 2.53 bits per heavy atom. The van der Waals surface area contributed by atoms with Gasteiger partial charge in [-0.3, -0.25) is 10.1 Å². The number of nitrogens with one attached hydrogen (secondary N) is 2. The molecular weight excluding hydrogens is 248 g/mol. The van der Waals surface area contributed by atoms with E-state index in [0.29, 0.717) is 6.42 Å². The number of amides is 1. The molecular formula is C13H24N2O4. The summed E-state index contributed by atoms with van der Waals surface area (Å²) in [5, 5.41) is 14.8. The maximum Gasteiger partial charge on any atom is 0.409 e. The molecule has 6 heteroatoms. The van der Waals surface area contributed by atoms with Crippen LogP contribution in [0.5, 0.6) is 0 Å². The number of carboxylic acid groups (broad SMARTS) is 1. The van der Waals surface area contributed by atoms with Crippen molar-refractivity contribution in [2.45, 2.75) is 64.1 Å². The van der Waals surface area contributed by atoms with Crippen LogP contribution in [0.2, 0.25) is 0 Å². The minimum Gasteiger partial charge on any atom is -0.481 e. The number of aliphatic carboxylic acids is 1. The molecule has 1 amide bonds. The second-order valence-electron chi connectivity index (χ2n) is 5.99. The van der Waals surface area contributed by atoms with Gasteiger partial charge in [0.15, 0.2) is 0 Å². The Bertz CT molecular complexity index is 330. The molecule has 1 fully saturated rings. The SMILES string of the molecule is CC(C)(C)OC(=O)NC1(CCC(=O)O)CCCCN1. The molecule has 6 nitrogen and oxygen atoms in total. The molecule has 1 aliphatic rings. The lowest BCUT2D eigenvalue weighted by Crippen LogP contribution is -2.61. The molecule has 0 radical (unpaired) electrons. The lowest BCUT2D eigenvalue weighted by atomic mass is 9.93. The number of carboxylic acids is 1. The van der Waals surface area contributed by atoms with Crippen LogP contribution in [-0.4, -0.2) is 35.0 Å². The van der Waals surface area contributed by atoms with E-state index in [4.69, 9.17) is 9.84 Å². The summed E-state index contributed by atoms with van der Waals surface area (Å²) >= 11 is 0. The quantitative estimate of drug-likeness (QED) is 0.727. The van der Waals surface area contributed by atoms with Crippen LogP contribution >= 0.6 is 0 Å². The maximum absolute atomic E-state index is 11.9. The number of carbonyl (C=O) groups excluding carboxylic acids is 1. The van der Waals surface area contributed by atoms with Crippen molar-refractivity contribution in [3.8, 4) is 0 Å². The van der Waals surface area contributed by atoms with E-state index in [1.165, 1.54) is 0 Å². The highest BCUT2D eigenvalue weighted by molar-refractivity contribution is 5.69. The fraction of sp³-hybridized carbons (Fsp3) is 0.846. The third-order valence-corrected chi connectivity index (χ3v) is 3.00. The van der Waals surface area contributed by atoms with Crippen molar-refractivity contribution in [1.82, 2.24) is 10.6 Å². The molecule has 3 N–H and O–H groups in total. The highest BCUT2D eigenvalue weighted by Gasteiger charge is 2.35. The molecule has 0 aromatic carbocycles. The number of rotatable bonds is 4. The van der Waals surface area contributed by atoms with Gasteiger partial charge in [-0.1, -0.05) is 0 Å². The number of alkyl carbamates (subject to hydrolysis) is 1. The van der Waals surface area contributed by atoms with Crippen molar-refractivity contribution in [2.75, 3.05) is 6.54 Å². The van der Waals surface area contributed by atoms with Gasteiger partial charge in [0.2, 0.25) is 0 Å². The van der Waals surface area contributed by atoms with Crippen molar-refractivity contribution in [1.29, 1.82) is 0 Å². The van der Waals surface area contributed by atoms with Gasteiger partial charge >= 0.3 is 12.1 Å². The summed E-state index contributed by atoms with van der Waals surface area (Å²) in [5.74, 6) is -0.863. The fourth-order valence-corrected chi connectivity index (χ4v) is 2.17. The van der Waals surface area contributed by atoms with Gasteiger partial charge in [0, 0.05) is 6.42 Å². The zero-order chi connectivity index (χ0) is 14.5. The minimum absolute atomic E-state index is 0.0167. The molecule has 0 aromatic heterocycles. The van der Waals surface area contributed by atoms with Crippen molar-refractivity contribution in [3.05, 3.63) is 0 Å². The summed E-state index contributed by atoms with van der Waals surface area (Å²) < 4.78 is 5.23. The first-order chi connectivity index (χ1) is 8.72. The zero-order valence-corrected chi connectivity index (χ0v) is 11.9. The van der Waals surface area contributed by atoms with Crippen LogP contribution in [-0.2, 0) is 9.53 Å². The van der Waals surface area contributed by atoms with Crippen molar-refractivity contribution < 1.29 is 19.4 Å². The maximum atomic E-state index is 11.9. The van der Waals surface area contributed by atoms with E-state index in [9.17, 15) is 9.59 Å². The van der Waals surface area contributed by atoms with Gasteiger partial charge in [-0.15, -0.1) is 0 Å². The second kappa shape index (κ2) is 6.23. The number of carbonyl (C=O) groups is 2. The molecule has 0 spiro atoms. The van der Waals surface area contributed by atoms with Gasteiger partial charge < -0.3 is 15.2 Å². The molecule has 0 saturated carbocycles. The molecule has 1 rings (SSSR count). The highest BCUT2D eigenvalue weighted by Crippen LogP contribution is 2.22. The van der Waals surface area contributed by atoms with E-state index in [-0.39, 0.29) is 6.42 Å². The van der Waals surface area contributed by atoms with Gasteiger partial charge in [-0.25, -0.2) is 4.79 Å². The monoisotopic (exact) mass is 272 g/mol. The third kappa shape index (κ3) is 5.92. The number of hydrogen-bond donors (Lipinski definition) is 3. The first-order valence-electron chi connectivity index (χ1n) is 6.70. The van der Waals surface area contributed by atoms with Crippen molar-refractivity contribution in [2.24, 2.45) is 0 Å². The lowest BCUT2D eigenvalue weighted by Gasteiger charge is -2.39. The van der Waals surface area contributed by atoms with E-state index >= 15 is 0 Å². The fourth-order valence-electron chi connectivity index (χ4n) is 2.17. The van der Waals surface area contributed by atoms with E-state index < -0.39 is 23.3 Å². The van der Waals surface area contributed by atoms with Crippen LogP contribution < -0.4 is 10.6 Å². The standard InChI is InChI=1S/C13H24N2O4/c1-12(2,3)19-11(18)15-13(8-6-10(16)17)7-4-5-9-14-13/h14H,4-9H2,1-3H3,(H,15,18)(H,16,17). The molecule has 19 heavy (non-hydrogen) atoms. The molecule has 110 valence electrons. The Morgan fingerprint density at radius 1 is 1.37 bits per heavy atom. The zero-order valence-electron chi connectivity index (χ0n) is 11.9. The van der Waals surface area contributed by atoms with Crippen LogP contribution in [0.1, 0.15) is 52.9 Å². The Labute approximate surface area is 113 Å². The first kappa shape index (κ1) is 15.8. The molecule has 1 atom stereocenters. The van der Waals surface area contributed by atoms with E-state index in [0.717, 1.165) is 25.8 Å². The predicted molar refractivity (Wildman–Crippen MR) is 70.8 cm³/mol. The smallest absolute Gasteiger partial charge is 0.409 e. The number of piperidine rings is 1. The molecule has 1 heterocycles. The summed E-state index contributed by atoms with van der Waals surface area (Å²) in [5.41, 5.74) is -1.22. The van der Waals surface area contributed by atoms with Crippen molar-refractivity contribution >= 4 is 12.1 Å². The van der Waals surface area contributed by atoms with Crippen molar-refractivity contribution in [3.63, 3.8) is 0 Å². The molecule has 0 aliphatic carbocycles. The van der Waals surface area contributed by atoms with Gasteiger partial charge in [-0.05, 0) is 53.0 Å². The molecule has 1 unspecified atom stereocenters. The average molecular weight is 272 g/mol. The Hall–Kier alpha value is -1.30. The van der Waals surface area contributed by atoms with Crippen LogP contribution in [0.3, 0.4) is 0 Å². The van der Waals surface area contributed by atoms with Crippen LogP contribution in [0.25, 0.3) is 0 Å². The predicted octanol–water partition coefficient (Wildman–Crippen LogP) is 1.85. The van der Waals surface area contributed by atoms with E-state index in [1.54, 1.807) is 20.8 Å². The molecule has 0 aromatic rings. The second-order valence-corrected chi connectivity index (χ2v) is 5.99. The van der Waals surface area contributed by atoms with Crippen LogP contribution in [0.15, 0.2) is 0 Å². The molecule has 1 saturated heterocycles. The summed E-state index contributed by atoms with van der Waals surface area (Å²) in [7, 11) is 0. The first-order valence-corrected chi connectivity index (χ1v) is 6.70. The molecule has 0 bridgehead atoms. The topological polar surface area (TPSA) is 87.7 Å². The van der Waals surface area contributed by atoms with Gasteiger partial charge in [-0.2, -0.15) is 0 Å². The summed E-state index contributed by atoms with van der Waals surface area (Å²) in [6, 6.07) is 0. The summed E-state index contributed by atoms with van der Waals surface area (Å²) in [4.78, 5) is 22.6. The summed E-state index contributed by atoms with van der Waals surface area (Å²) in [6.07, 6.45) is 2.59. The van der Waals surface area contributed by atoms with Gasteiger partial charge in [0.25, 0.3) is 0 Å². The largest absolute Gasteiger partial charge is 0.481 e. The Morgan fingerprint density at radius 2 is 2.05 bits per heavy atom.